The third kappa shape index (κ3) is 8.24. The van der Waals surface area contributed by atoms with Gasteiger partial charge in [-0.05, 0) is 46.1 Å². The zero-order valence-corrected chi connectivity index (χ0v) is 16.8. The van der Waals surface area contributed by atoms with Gasteiger partial charge in [-0.15, -0.1) is 24.0 Å². The molecule has 1 fully saturated rings. The summed E-state index contributed by atoms with van der Waals surface area (Å²) in [5.41, 5.74) is 0. The molecule has 5 heteroatoms. The highest BCUT2D eigenvalue weighted by molar-refractivity contribution is 14.0. The largest absolute Gasteiger partial charge is 0.357 e. The molecule has 0 radical (unpaired) electrons. The molecule has 1 aliphatic rings. The predicted octanol–water partition coefficient (Wildman–Crippen LogP) is 3.08. The summed E-state index contributed by atoms with van der Waals surface area (Å²) in [7, 11) is 0. The van der Waals surface area contributed by atoms with Crippen LogP contribution in [0.15, 0.2) is 4.99 Å². The highest BCUT2D eigenvalue weighted by Gasteiger charge is 2.17. The van der Waals surface area contributed by atoms with Crippen molar-refractivity contribution >= 4 is 29.9 Å². The molecule has 126 valence electrons. The van der Waals surface area contributed by atoms with Crippen molar-refractivity contribution < 1.29 is 0 Å². The maximum absolute atomic E-state index is 4.72. The lowest BCUT2D eigenvalue weighted by Gasteiger charge is -2.32. The standard InChI is InChI=1S/C16H34N4.HI/c1-6-17-16(19-15(5)13(2)3)18-10-12-20-11-8-7-9-14(20)4;/h13-15H,6-12H2,1-5H3,(H2,17,18,19);1H. The molecule has 4 nitrogen and oxygen atoms in total. The van der Waals surface area contributed by atoms with Crippen LogP contribution in [0, 0.1) is 5.92 Å². The molecule has 0 aromatic rings. The molecule has 2 atom stereocenters. The Balaban J connectivity index is 0.00000400. The SMILES string of the molecule is CCNC(=NCCN1CCCCC1C)NC(C)C(C)C.I. The molecule has 0 aromatic carbocycles. The van der Waals surface area contributed by atoms with Gasteiger partial charge in [0.15, 0.2) is 5.96 Å². The first-order valence-corrected chi connectivity index (χ1v) is 8.33. The Morgan fingerprint density at radius 2 is 2.00 bits per heavy atom. The third-order valence-electron chi connectivity index (χ3n) is 4.31. The van der Waals surface area contributed by atoms with E-state index in [4.69, 9.17) is 4.99 Å². The Morgan fingerprint density at radius 1 is 1.29 bits per heavy atom. The average Bonchev–Trinajstić information content (AvgIpc) is 2.41. The minimum Gasteiger partial charge on any atom is -0.357 e. The van der Waals surface area contributed by atoms with E-state index in [0.29, 0.717) is 12.0 Å². The summed E-state index contributed by atoms with van der Waals surface area (Å²) < 4.78 is 0. The number of nitrogens with one attached hydrogen (secondary N) is 2. The fraction of sp³-hybridized carbons (Fsp3) is 0.938. The van der Waals surface area contributed by atoms with E-state index in [1.807, 2.05) is 0 Å². The van der Waals surface area contributed by atoms with Gasteiger partial charge in [0.1, 0.15) is 0 Å². The van der Waals surface area contributed by atoms with E-state index in [0.717, 1.165) is 31.6 Å². The highest BCUT2D eigenvalue weighted by atomic mass is 127. The van der Waals surface area contributed by atoms with Crippen LogP contribution in [0.5, 0.6) is 0 Å². The zero-order chi connectivity index (χ0) is 15.0. The number of rotatable bonds is 6. The first-order valence-electron chi connectivity index (χ1n) is 8.33. The molecule has 0 bridgehead atoms. The van der Waals surface area contributed by atoms with Gasteiger partial charge in [0.2, 0.25) is 0 Å². The predicted molar refractivity (Wildman–Crippen MR) is 104 cm³/mol. The van der Waals surface area contributed by atoms with E-state index in [1.54, 1.807) is 0 Å². The van der Waals surface area contributed by atoms with Gasteiger partial charge in [-0.3, -0.25) is 9.89 Å². The number of aliphatic imine (C=N–C) groups is 1. The van der Waals surface area contributed by atoms with Gasteiger partial charge in [-0.25, -0.2) is 0 Å². The van der Waals surface area contributed by atoms with Crippen LogP contribution in [0.4, 0.5) is 0 Å². The van der Waals surface area contributed by atoms with Crippen LogP contribution in [0.25, 0.3) is 0 Å². The lowest BCUT2D eigenvalue weighted by molar-refractivity contribution is 0.166. The molecule has 1 heterocycles. The van der Waals surface area contributed by atoms with Crippen LogP contribution in [0.3, 0.4) is 0 Å². The minimum atomic E-state index is 0. The molecular formula is C16H35IN4. The van der Waals surface area contributed by atoms with Gasteiger partial charge in [-0.2, -0.15) is 0 Å². The number of nitrogens with zero attached hydrogens (tertiary/aromatic N) is 2. The van der Waals surface area contributed by atoms with Gasteiger partial charge in [0.05, 0.1) is 6.54 Å². The van der Waals surface area contributed by atoms with Crippen LogP contribution in [-0.2, 0) is 0 Å². The Kier molecular flexibility index (Phi) is 11.5. The maximum Gasteiger partial charge on any atom is 0.191 e. The number of hydrogen-bond acceptors (Lipinski definition) is 2. The highest BCUT2D eigenvalue weighted by Crippen LogP contribution is 2.15. The normalized spacial score (nSPS) is 21.8. The van der Waals surface area contributed by atoms with Crippen molar-refractivity contribution in [3.05, 3.63) is 0 Å². The zero-order valence-electron chi connectivity index (χ0n) is 14.5. The molecule has 1 rings (SSSR count). The number of piperidine rings is 1. The van der Waals surface area contributed by atoms with Gasteiger partial charge < -0.3 is 10.6 Å². The van der Waals surface area contributed by atoms with Crippen molar-refractivity contribution in [1.29, 1.82) is 0 Å². The second-order valence-electron chi connectivity index (χ2n) is 6.32. The second kappa shape index (κ2) is 11.5. The first-order chi connectivity index (χ1) is 9.54. The topological polar surface area (TPSA) is 39.7 Å². The van der Waals surface area contributed by atoms with Crippen LogP contribution >= 0.6 is 24.0 Å². The van der Waals surface area contributed by atoms with E-state index >= 15 is 0 Å². The summed E-state index contributed by atoms with van der Waals surface area (Å²) in [6, 6.07) is 1.17. The summed E-state index contributed by atoms with van der Waals surface area (Å²) in [5.74, 6) is 1.57. The number of hydrogen-bond donors (Lipinski definition) is 2. The quantitative estimate of drug-likeness (QED) is 0.402. The van der Waals surface area contributed by atoms with Gasteiger partial charge in [0.25, 0.3) is 0 Å². The summed E-state index contributed by atoms with van der Waals surface area (Å²) >= 11 is 0. The lowest BCUT2D eigenvalue weighted by atomic mass is 10.0. The Bertz CT molecular complexity index is 294. The summed E-state index contributed by atoms with van der Waals surface area (Å²) in [4.78, 5) is 7.29. The van der Waals surface area contributed by atoms with Crippen molar-refractivity contribution in [2.45, 2.75) is 66.0 Å². The Morgan fingerprint density at radius 3 is 2.57 bits per heavy atom. The van der Waals surface area contributed by atoms with Crippen molar-refractivity contribution in [1.82, 2.24) is 15.5 Å². The molecular weight excluding hydrogens is 375 g/mol. The number of likely N-dealkylation sites (tertiary alicyclic amines) is 1. The van der Waals surface area contributed by atoms with Crippen LogP contribution in [0.2, 0.25) is 0 Å². The van der Waals surface area contributed by atoms with E-state index in [1.165, 1.54) is 25.8 Å². The fourth-order valence-electron chi connectivity index (χ4n) is 2.48. The van der Waals surface area contributed by atoms with Crippen molar-refractivity contribution in [2.75, 3.05) is 26.2 Å². The number of halogens is 1. The number of guanidine groups is 1. The van der Waals surface area contributed by atoms with Crippen molar-refractivity contribution in [3.63, 3.8) is 0 Å². The molecule has 21 heavy (non-hydrogen) atoms. The molecule has 0 spiro atoms. The molecule has 0 aliphatic carbocycles. The van der Waals surface area contributed by atoms with E-state index < -0.39 is 0 Å². The smallest absolute Gasteiger partial charge is 0.191 e. The second-order valence-corrected chi connectivity index (χ2v) is 6.32. The van der Waals surface area contributed by atoms with Crippen LogP contribution in [-0.4, -0.2) is 49.1 Å². The van der Waals surface area contributed by atoms with Gasteiger partial charge >= 0.3 is 0 Å². The van der Waals surface area contributed by atoms with E-state index in [9.17, 15) is 0 Å². The molecule has 2 N–H and O–H groups in total. The van der Waals surface area contributed by atoms with Crippen molar-refractivity contribution in [3.8, 4) is 0 Å². The third-order valence-corrected chi connectivity index (χ3v) is 4.31. The molecule has 2 unspecified atom stereocenters. The Hall–Kier alpha value is -0.0400. The fourth-order valence-corrected chi connectivity index (χ4v) is 2.48. The summed E-state index contributed by atoms with van der Waals surface area (Å²) in [6.45, 7) is 15.2. The maximum atomic E-state index is 4.72. The molecule has 0 amide bonds. The molecule has 0 saturated carbocycles. The van der Waals surface area contributed by atoms with E-state index in [2.05, 4.69) is 50.2 Å². The van der Waals surface area contributed by atoms with Crippen LogP contribution < -0.4 is 10.6 Å². The van der Waals surface area contributed by atoms with Crippen molar-refractivity contribution in [2.24, 2.45) is 10.9 Å². The first kappa shape index (κ1) is 21.0. The van der Waals surface area contributed by atoms with E-state index in [-0.39, 0.29) is 24.0 Å². The molecule has 1 aliphatic heterocycles. The summed E-state index contributed by atoms with van der Waals surface area (Å²) in [5, 5.41) is 6.82. The van der Waals surface area contributed by atoms with Crippen LogP contribution in [0.1, 0.15) is 53.9 Å². The molecule has 1 saturated heterocycles. The summed E-state index contributed by atoms with van der Waals surface area (Å²) in [6.07, 6.45) is 4.07. The Labute approximate surface area is 148 Å². The monoisotopic (exact) mass is 410 g/mol. The van der Waals surface area contributed by atoms with Gasteiger partial charge in [-0.1, -0.05) is 20.3 Å². The molecule has 0 aromatic heterocycles. The average molecular weight is 410 g/mol. The van der Waals surface area contributed by atoms with Gasteiger partial charge in [0, 0.05) is 25.2 Å². The lowest BCUT2D eigenvalue weighted by Crippen LogP contribution is -2.45. The minimum absolute atomic E-state index is 0.